The van der Waals surface area contributed by atoms with E-state index < -0.39 is 11.7 Å². The fourth-order valence-electron chi connectivity index (χ4n) is 2.52. The van der Waals surface area contributed by atoms with Gasteiger partial charge in [-0.15, -0.1) is 0 Å². The van der Waals surface area contributed by atoms with E-state index in [9.17, 15) is 18.0 Å². The van der Waals surface area contributed by atoms with E-state index in [-0.39, 0.29) is 11.7 Å². The van der Waals surface area contributed by atoms with Gasteiger partial charge in [0.05, 0.1) is 11.3 Å². The van der Waals surface area contributed by atoms with Crippen molar-refractivity contribution in [2.75, 3.05) is 49.9 Å². The van der Waals surface area contributed by atoms with Crippen molar-refractivity contribution in [2.45, 2.75) is 6.18 Å². The number of hydrogen-bond donors (Lipinski definition) is 2. The number of benzene rings is 1. The van der Waals surface area contributed by atoms with Gasteiger partial charge in [0.15, 0.2) is 0 Å². The summed E-state index contributed by atoms with van der Waals surface area (Å²) >= 11 is 3.88. The number of nitrogens with one attached hydrogen (secondary N) is 1. The van der Waals surface area contributed by atoms with Crippen molar-refractivity contribution in [2.24, 2.45) is 0 Å². The van der Waals surface area contributed by atoms with Crippen molar-refractivity contribution < 1.29 is 18.0 Å². The summed E-state index contributed by atoms with van der Waals surface area (Å²) in [5.74, 6) is 0.0690. The Morgan fingerprint density at radius 2 is 1.91 bits per heavy atom. The fraction of sp³-hybridized carbons (Fsp3) is 0.533. The van der Waals surface area contributed by atoms with E-state index in [1.807, 2.05) is 4.90 Å². The van der Waals surface area contributed by atoms with Crippen LogP contribution >= 0.6 is 12.6 Å². The number of amides is 1. The molecular formula is C15H20F3N3OS. The molecule has 2 rings (SSSR count). The number of carbonyl (C=O) groups is 1. The fourth-order valence-corrected chi connectivity index (χ4v) is 2.63. The Morgan fingerprint density at radius 3 is 2.52 bits per heavy atom. The first kappa shape index (κ1) is 17.9. The van der Waals surface area contributed by atoms with Crippen LogP contribution in [0.3, 0.4) is 0 Å². The molecule has 1 amide bonds. The molecule has 0 unspecified atom stereocenters. The van der Waals surface area contributed by atoms with Crippen molar-refractivity contribution in [1.82, 2.24) is 10.2 Å². The number of rotatable bonds is 5. The third-order valence-electron chi connectivity index (χ3n) is 3.80. The summed E-state index contributed by atoms with van der Waals surface area (Å²) in [6.07, 6.45) is -4.32. The Balaban J connectivity index is 1.84. The number of anilines is 1. The van der Waals surface area contributed by atoms with E-state index in [0.29, 0.717) is 25.3 Å². The molecule has 8 heteroatoms. The van der Waals surface area contributed by atoms with Crippen LogP contribution in [0.15, 0.2) is 24.3 Å². The summed E-state index contributed by atoms with van der Waals surface area (Å²) in [7, 11) is 0. The molecule has 0 bridgehead atoms. The normalized spacial score (nSPS) is 16.4. The Labute approximate surface area is 139 Å². The smallest absolute Gasteiger partial charge is 0.369 e. The molecule has 4 nitrogen and oxygen atoms in total. The van der Waals surface area contributed by atoms with Gasteiger partial charge in [0.2, 0.25) is 5.91 Å². The molecule has 1 saturated heterocycles. The molecular weight excluding hydrogens is 327 g/mol. The van der Waals surface area contributed by atoms with Crippen LogP contribution in [0.4, 0.5) is 18.9 Å². The second kappa shape index (κ2) is 7.92. The van der Waals surface area contributed by atoms with E-state index in [1.165, 1.54) is 12.1 Å². The molecule has 0 aromatic heterocycles. The van der Waals surface area contributed by atoms with Gasteiger partial charge in [-0.3, -0.25) is 9.69 Å². The monoisotopic (exact) mass is 347 g/mol. The molecule has 0 radical (unpaired) electrons. The number of thiol groups is 1. The van der Waals surface area contributed by atoms with Crippen LogP contribution in [0.5, 0.6) is 0 Å². The highest BCUT2D eigenvalue weighted by atomic mass is 32.1. The first-order chi connectivity index (χ1) is 10.9. The van der Waals surface area contributed by atoms with Crippen molar-refractivity contribution >= 4 is 24.2 Å². The molecule has 0 atom stereocenters. The lowest BCUT2D eigenvalue weighted by molar-refractivity contribution is -0.137. The first-order valence-electron chi connectivity index (χ1n) is 7.42. The lowest BCUT2D eigenvalue weighted by atomic mass is 10.1. The molecule has 1 aromatic carbocycles. The number of halogens is 3. The van der Waals surface area contributed by atoms with E-state index >= 15 is 0 Å². The quantitative estimate of drug-likeness (QED) is 0.799. The lowest BCUT2D eigenvalue weighted by Crippen LogP contribution is -2.48. The average molecular weight is 347 g/mol. The largest absolute Gasteiger partial charge is 0.416 e. The second-order valence-electron chi connectivity index (χ2n) is 5.38. The van der Waals surface area contributed by atoms with Gasteiger partial charge in [0.1, 0.15) is 0 Å². The molecule has 0 spiro atoms. The molecule has 23 heavy (non-hydrogen) atoms. The standard InChI is InChI=1S/C15H20F3N3OS/c16-15(17,18)12-2-1-3-13(10-12)21-8-6-20(7-9-21)5-4-19-14(22)11-23/h1-3,10,23H,4-9,11H2,(H,19,22). The molecule has 1 heterocycles. The van der Waals surface area contributed by atoms with Gasteiger partial charge in [-0.25, -0.2) is 0 Å². The Morgan fingerprint density at radius 1 is 1.22 bits per heavy atom. The summed E-state index contributed by atoms with van der Waals surface area (Å²) < 4.78 is 38.3. The predicted octanol–water partition coefficient (Wildman–Crippen LogP) is 1.87. The number of alkyl halides is 3. The minimum absolute atomic E-state index is 0.101. The van der Waals surface area contributed by atoms with Gasteiger partial charge in [-0.05, 0) is 18.2 Å². The summed E-state index contributed by atoms with van der Waals surface area (Å²) in [6, 6.07) is 5.43. The summed E-state index contributed by atoms with van der Waals surface area (Å²) in [5.41, 5.74) is -0.0188. The summed E-state index contributed by atoms with van der Waals surface area (Å²) in [4.78, 5) is 15.2. The zero-order chi connectivity index (χ0) is 16.9. The zero-order valence-corrected chi connectivity index (χ0v) is 13.5. The van der Waals surface area contributed by atoms with Crippen LogP contribution in [0.25, 0.3) is 0 Å². The SMILES string of the molecule is O=C(CS)NCCN1CCN(c2cccc(C(F)(F)F)c2)CC1. The van der Waals surface area contributed by atoms with Crippen LogP contribution in [-0.2, 0) is 11.0 Å². The van der Waals surface area contributed by atoms with Gasteiger partial charge in [0, 0.05) is 45.0 Å². The van der Waals surface area contributed by atoms with Gasteiger partial charge in [0.25, 0.3) is 0 Å². The van der Waals surface area contributed by atoms with Crippen LogP contribution in [0, 0.1) is 0 Å². The molecule has 0 saturated carbocycles. The molecule has 1 N–H and O–H groups in total. The van der Waals surface area contributed by atoms with Crippen LogP contribution in [0.2, 0.25) is 0 Å². The molecule has 1 aliphatic heterocycles. The number of piperazine rings is 1. The molecule has 1 aromatic rings. The highest BCUT2D eigenvalue weighted by Crippen LogP contribution is 2.31. The molecule has 128 valence electrons. The topological polar surface area (TPSA) is 35.6 Å². The average Bonchev–Trinajstić information content (AvgIpc) is 2.54. The molecule has 1 fully saturated rings. The maximum Gasteiger partial charge on any atom is 0.416 e. The van der Waals surface area contributed by atoms with Gasteiger partial charge in [-0.1, -0.05) is 6.07 Å². The van der Waals surface area contributed by atoms with Crippen LogP contribution in [-0.4, -0.2) is 55.8 Å². The van der Waals surface area contributed by atoms with E-state index in [2.05, 4.69) is 22.8 Å². The van der Waals surface area contributed by atoms with Crippen molar-refractivity contribution in [1.29, 1.82) is 0 Å². The van der Waals surface area contributed by atoms with E-state index in [1.54, 1.807) is 6.07 Å². The zero-order valence-electron chi connectivity index (χ0n) is 12.6. The third-order valence-corrected chi connectivity index (χ3v) is 4.09. The molecule has 1 aliphatic rings. The predicted molar refractivity (Wildman–Crippen MR) is 87.0 cm³/mol. The Hall–Kier alpha value is -1.41. The highest BCUT2D eigenvalue weighted by molar-refractivity contribution is 7.81. The van der Waals surface area contributed by atoms with Crippen LogP contribution < -0.4 is 10.2 Å². The Bertz CT molecular complexity index is 531. The molecule has 0 aliphatic carbocycles. The minimum atomic E-state index is -4.32. The lowest BCUT2D eigenvalue weighted by Gasteiger charge is -2.36. The number of hydrogen-bond acceptors (Lipinski definition) is 4. The minimum Gasteiger partial charge on any atom is -0.369 e. The maximum atomic E-state index is 12.8. The van der Waals surface area contributed by atoms with Gasteiger partial charge >= 0.3 is 6.18 Å². The summed E-state index contributed by atoms with van der Waals surface area (Å²) in [5, 5.41) is 2.75. The van der Waals surface area contributed by atoms with E-state index in [0.717, 1.165) is 25.7 Å². The Kier molecular flexibility index (Phi) is 6.17. The van der Waals surface area contributed by atoms with Crippen molar-refractivity contribution in [3.05, 3.63) is 29.8 Å². The number of carbonyl (C=O) groups excluding carboxylic acids is 1. The van der Waals surface area contributed by atoms with Crippen molar-refractivity contribution in [3.63, 3.8) is 0 Å². The highest BCUT2D eigenvalue weighted by Gasteiger charge is 2.31. The maximum absolute atomic E-state index is 12.8. The second-order valence-corrected chi connectivity index (χ2v) is 5.70. The van der Waals surface area contributed by atoms with Crippen LogP contribution in [0.1, 0.15) is 5.56 Å². The van der Waals surface area contributed by atoms with E-state index in [4.69, 9.17) is 0 Å². The van der Waals surface area contributed by atoms with Crippen molar-refractivity contribution in [3.8, 4) is 0 Å². The van der Waals surface area contributed by atoms with Gasteiger partial charge < -0.3 is 10.2 Å². The third kappa shape index (κ3) is 5.31. The van der Waals surface area contributed by atoms with Gasteiger partial charge in [-0.2, -0.15) is 25.8 Å². The first-order valence-corrected chi connectivity index (χ1v) is 8.05. The number of nitrogens with zero attached hydrogens (tertiary/aromatic N) is 2. The summed E-state index contributed by atoms with van der Waals surface area (Å²) in [6.45, 7) is 4.14.